The lowest BCUT2D eigenvalue weighted by atomic mass is 10.2. The van der Waals surface area contributed by atoms with Crippen LogP contribution in [0.5, 0.6) is 0 Å². The molecule has 100 valence electrons. The standard InChI is InChI=1S/C15H12ClN3S/c1-10-3-2-4-13-14(10)20-15(18-13)19-17-9-11-5-7-12(16)8-6-11/h2-9H,1H3,(H,18,19)/b17-9-. The maximum absolute atomic E-state index is 5.83. The number of hydrogen-bond donors (Lipinski definition) is 1. The average molecular weight is 302 g/mol. The van der Waals surface area contributed by atoms with Gasteiger partial charge in [0, 0.05) is 5.02 Å². The fourth-order valence-electron chi connectivity index (χ4n) is 1.85. The predicted octanol–water partition coefficient (Wildman–Crippen LogP) is 4.70. The van der Waals surface area contributed by atoms with Crippen molar-refractivity contribution in [3.05, 3.63) is 58.6 Å². The molecule has 1 heterocycles. The van der Waals surface area contributed by atoms with Gasteiger partial charge in [0.1, 0.15) is 0 Å². The summed E-state index contributed by atoms with van der Waals surface area (Å²) in [6.07, 6.45) is 1.75. The van der Waals surface area contributed by atoms with Crippen molar-refractivity contribution >= 4 is 44.5 Å². The highest BCUT2D eigenvalue weighted by Gasteiger charge is 2.04. The molecule has 1 N–H and O–H groups in total. The first-order chi connectivity index (χ1) is 9.72. The molecule has 0 fully saturated rings. The van der Waals surface area contributed by atoms with Crippen molar-refractivity contribution in [2.45, 2.75) is 6.92 Å². The first-order valence-electron chi connectivity index (χ1n) is 6.13. The van der Waals surface area contributed by atoms with Gasteiger partial charge in [-0.2, -0.15) is 5.10 Å². The highest BCUT2D eigenvalue weighted by Crippen LogP contribution is 2.28. The number of aryl methyl sites for hydroxylation is 1. The minimum absolute atomic E-state index is 0.719. The van der Waals surface area contributed by atoms with E-state index in [1.807, 2.05) is 36.4 Å². The molecule has 3 rings (SSSR count). The molecule has 1 aromatic heterocycles. The third kappa shape index (κ3) is 2.81. The van der Waals surface area contributed by atoms with Crippen LogP contribution in [0.1, 0.15) is 11.1 Å². The van der Waals surface area contributed by atoms with E-state index < -0.39 is 0 Å². The quantitative estimate of drug-likeness (QED) is 0.562. The number of hydrogen-bond acceptors (Lipinski definition) is 4. The van der Waals surface area contributed by atoms with Gasteiger partial charge in [0.05, 0.1) is 16.4 Å². The largest absolute Gasteiger partial charge is 0.253 e. The van der Waals surface area contributed by atoms with Gasteiger partial charge in [-0.3, -0.25) is 5.43 Å². The number of hydrazone groups is 1. The van der Waals surface area contributed by atoms with E-state index in [1.165, 1.54) is 10.3 Å². The Bertz CT molecular complexity index is 762. The van der Waals surface area contributed by atoms with Gasteiger partial charge in [0.15, 0.2) is 0 Å². The van der Waals surface area contributed by atoms with Crippen LogP contribution in [0.25, 0.3) is 10.2 Å². The molecule has 0 spiro atoms. The van der Waals surface area contributed by atoms with Crippen LogP contribution < -0.4 is 5.43 Å². The SMILES string of the molecule is Cc1cccc2nc(N/N=C\c3ccc(Cl)cc3)sc12. The Morgan fingerprint density at radius 2 is 2.00 bits per heavy atom. The Labute approximate surface area is 125 Å². The molecule has 0 aliphatic carbocycles. The molecule has 0 unspecified atom stereocenters. The Kier molecular flexibility index (Phi) is 3.67. The number of fused-ring (bicyclic) bond motifs is 1. The first kappa shape index (κ1) is 13.1. The molecular formula is C15H12ClN3S. The topological polar surface area (TPSA) is 37.3 Å². The van der Waals surface area contributed by atoms with Crippen LogP contribution in [0.2, 0.25) is 5.02 Å². The molecule has 20 heavy (non-hydrogen) atoms. The Morgan fingerprint density at radius 1 is 1.20 bits per heavy atom. The van der Waals surface area contributed by atoms with Crippen LogP contribution in [-0.2, 0) is 0 Å². The van der Waals surface area contributed by atoms with Gasteiger partial charge in [-0.25, -0.2) is 4.98 Å². The molecule has 0 radical (unpaired) electrons. The van der Waals surface area contributed by atoms with Crippen molar-refractivity contribution in [2.75, 3.05) is 5.43 Å². The van der Waals surface area contributed by atoms with Crippen molar-refractivity contribution in [3.8, 4) is 0 Å². The van der Waals surface area contributed by atoms with E-state index in [4.69, 9.17) is 11.6 Å². The van der Waals surface area contributed by atoms with Gasteiger partial charge in [-0.05, 0) is 36.2 Å². The Balaban J connectivity index is 1.76. The Morgan fingerprint density at radius 3 is 2.75 bits per heavy atom. The fraction of sp³-hybridized carbons (Fsp3) is 0.0667. The van der Waals surface area contributed by atoms with Crippen molar-refractivity contribution in [1.29, 1.82) is 0 Å². The number of benzene rings is 2. The van der Waals surface area contributed by atoms with Crippen LogP contribution >= 0.6 is 22.9 Å². The summed E-state index contributed by atoms with van der Waals surface area (Å²) in [5.41, 5.74) is 6.18. The summed E-state index contributed by atoms with van der Waals surface area (Å²) in [6, 6.07) is 13.6. The van der Waals surface area contributed by atoms with E-state index in [2.05, 4.69) is 28.5 Å². The second-order valence-electron chi connectivity index (χ2n) is 4.36. The van der Waals surface area contributed by atoms with E-state index in [1.54, 1.807) is 17.6 Å². The average Bonchev–Trinajstić information content (AvgIpc) is 2.85. The van der Waals surface area contributed by atoms with Crippen molar-refractivity contribution in [3.63, 3.8) is 0 Å². The molecular weight excluding hydrogens is 290 g/mol. The number of rotatable bonds is 3. The van der Waals surface area contributed by atoms with E-state index in [-0.39, 0.29) is 0 Å². The molecule has 3 aromatic rings. The number of nitrogens with zero attached hydrogens (tertiary/aromatic N) is 2. The zero-order chi connectivity index (χ0) is 13.9. The third-order valence-corrected chi connectivity index (χ3v) is 4.22. The number of halogens is 1. The summed E-state index contributed by atoms with van der Waals surface area (Å²) >= 11 is 7.44. The lowest BCUT2D eigenvalue weighted by Gasteiger charge is -1.94. The van der Waals surface area contributed by atoms with Gasteiger partial charge >= 0.3 is 0 Å². The fourth-order valence-corrected chi connectivity index (χ4v) is 2.85. The molecule has 0 saturated carbocycles. The number of aromatic nitrogens is 1. The molecule has 0 saturated heterocycles. The molecule has 0 amide bonds. The Hall–Kier alpha value is -1.91. The maximum atomic E-state index is 5.83. The van der Waals surface area contributed by atoms with E-state index in [0.717, 1.165) is 21.2 Å². The smallest absolute Gasteiger partial charge is 0.204 e. The van der Waals surface area contributed by atoms with Crippen molar-refractivity contribution in [1.82, 2.24) is 4.98 Å². The summed E-state index contributed by atoms with van der Waals surface area (Å²) in [4.78, 5) is 4.49. The summed E-state index contributed by atoms with van der Waals surface area (Å²) in [7, 11) is 0. The lowest BCUT2D eigenvalue weighted by molar-refractivity contribution is 1.31. The zero-order valence-electron chi connectivity index (χ0n) is 10.8. The molecule has 0 bridgehead atoms. The van der Waals surface area contributed by atoms with Crippen molar-refractivity contribution in [2.24, 2.45) is 5.10 Å². The maximum Gasteiger partial charge on any atom is 0.204 e. The summed E-state index contributed by atoms with van der Waals surface area (Å²) in [5, 5.41) is 5.71. The highest BCUT2D eigenvalue weighted by atomic mass is 35.5. The number of nitrogens with one attached hydrogen (secondary N) is 1. The normalized spacial score (nSPS) is 11.3. The zero-order valence-corrected chi connectivity index (χ0v) is 12.4. The van der Waals surface area contributed by atoms with Crippen LogP contribution in [0, 0.1) is 6.92 Å². The third-order valence-electron chi connectivity index (χ3n) is 2.86. The van der Waals surface area contributed by atoms with E-state index >= 15 is 0 Å². The minimum Gasteiger partial charge on any atom is -0.253 e. The molecule has 5 heteroatoms. The van der Waals surface area contributed by atoms with E-state index in [9.17, 15) is 0 Å². The molecule has 2 aromatic carbocycles. The summed E-state index contributed by atoms with van der Waals surface area (Å²) in [6.45, 7) is 2.08. The highest BCUT2D eigenvalue weighted by molar-refractivity contribution is 7.22. The summed E-state index contributed by atoms with van der Waals surface area (Å²) < 4.78 is 1.19. The second kappa shape index (κ2) is 5.61. The number of thiazole rings is 1. The van der Waals surface area contributed by atoms with Gasteiger partial charge in [-0.15, -0.1) is 0 Å². The summed E-state index contributed by atoms with van der Waals surface area (Å²) in [5.74, 6) is 0. The van der Waals surface area contributed by atoms with Gasteiger partial charge in [0.25, 0.3) is 0 Å². The van der Waals surface area contributed by atoms with Gasteiger partial charge < -0.3 is 0 Å². The molecule has 0 atom stereocenters. The monoisotopic (exact) mass is 301 g/mol. The van der Waals surface area contributed by atoms with Crippen LogP contribution in [0.3, 0.4) is 0 Å². The molecule has 0 aliphatic rings. The van der Waals surface area contributed by atoms with Crippen molar-refractivity contribution < 1.29 is 0 Å². The number of anilines is 1. The predicted molar refractivity (Wildman–Crippen MR) is 87.0 cm³/mol. The minimum atomic E-state index is 0.719. The van der Waals surface area contributed by atoms with Crippen LogP contribution in [0.4, 0.5) is 5.13 Å². The second-order valence-corrected chi connectivity index (χ2v) is 5.80. The van der Waals surface area contributed by atoms with Crippen LogP contribution in [0.15, 0.2) is 47.6 Å². The lowest BCUT2D eigenvalue weighted by Crippen LogP contribution is -1.89. The van der Waals surface area contributed by atoms with Crippen LogP contribution in [-0.4, -0.2) is 11.2 Å². The van der Waals surface area contributed by atoms with Gasteiger partial charge in [0.2, 0.25) is 5.13 Å². The van der Waals surface area contributed by atoms with E-state index in [0.29, 0.717) is 0 Å². The first-order valence-corrected chi connectivity index (χ1v) is 7.32. The van der Waals surface area contributed by atoms with Gasteiger partial charge in [-0.1, -0.05) is 47.2 Å². The molecule has 0 aliphatic heterocycles. The molecule has 3 nitrogen and oxygen atoms in total.